The zero-order valence-electron chi connectivity index (χ0n) is 15.9. The second kappa shape index (κ2) is 9.44. The van der Waals surface area contributed by atoms with Crippen LogP contribution in [0.4, 0.5) is 11.8 Å². The summed E-state index contributed by atoms with van der Waals surface area (Å²) in [6, 6.07) is 11.2. The molecule has 150 valence electrons. The quantitative estimate of drug-likeness (QED) is 0.617. The number of pyridine rings is 1. The first-order valence-electron chi connectivity index (χ1n) is 9.44. The number of ether oxygens (including phenoxy) is 1. The summed E-state index contributed by atoms with van der Waals surface area (Å²) in [6.45, 7) is 3.78. The third-order valence-electron chi connectivity index (χ3n) is 4.41. The Bertz CT molecular complexity index is 929. The van der Waals surface area contributed by atoms with Crippen LogP contribution in [0.3, 0.4) is 0 Å². The molecule has 0 unspecified atom stereocenters. The van der Waals surface area contributed by atoms with Crippen LogP contribution in [0.1, 0.15) is 21.1 Å². The Morgan fingerprint density at radius 3 is 2.79 bits per heavy atom. The molecule has 0 radical (unpaired) electrons. The lowest BCUT2D eigenvalue weighted by atomic mass is 10.3. The summed E-state index contributed by atoms with van der Waals surface area (Å²) in [4.78, 5) is 29.0. The molecule has 3 aromatic heterocycles. The van der Waals surface area contributed by atoms with Crippen LogP contribution in [-0.4, -0.2) is 47.2 Å². The van der Waals surface area contributed by atoms with E-state index in [1.165, 1.54) is 4.88 Å². The largest absolute Gasteiger partial charge is 0.378 e. The van der Waals surface area contributed by atoms with Gasteiger partial charge in [-0.25, -0.2) is 4.98 Å². The Balaban J connectivity index is 1.49. The van der Waals surface area contributed by atoms with Crippen LogP contribution in [0.5, 0.6) is 0 Å². The molecule has 4 heterocycles. The van der Waals surface area contributed by atoms with E-state index in [0.29, 0.717) is 37.9 Å². The van der Waals surface area contributed by atoms with Crippen molar-refractivity contribution in [2.45, 2.75) is 13.1 Å². The summed E-state index contributed by atoms with van der Waals surface area (Å²) in [5.41, 5.74) is 1.12. The molecular formula is C20H22N6O2S. The average molecular weight is 411 g/mol. The molecule has 0 aromatic carbocycles. The van der Waals surface area contributed by atoms with Gasteiger partial charge in [0.2, 0.25) is 5.95 Å². The fraction of sp³-hybridized carbons (Fsp3) is 0.300. The summed E-state index contributed by atoms with van der Waals surface area (Å²) in [6.07, 6.45) is 1.60. The maximum Gasteiger partial charge on any atom is 0.270 e. The predicted octanol–water partition coefficient (Wildman–Crippen LogP) is 2.31. The Labute approximate surface area is 173 Å². The highest BCUT2D eigenvalue weighted by Crippen LogP contribution is 2.17. The van der Waals surface area contributed by atoms with Gasteiger partial charge >= 0.3 is 0 Å². The van der Waals surface area contributed by atoms with Gasteiger partial charge in [-0.05, 0) is 23.6 Å². The molecule has 9 heteroatoms. The molecule has 0 atom stereocenters. The van der Waals surface area contributed by atoms with E-state index in [9.17, 15) is 4.79 Å². The van der Waals surface area contributed by atoms with Crippen molar-refractivity contribution < 1.29 is 9.53 Å². The van der Waals surface area contributed by atoms with Gasteiger partial charge in [0.05, 0.1) is 32.0 Å². The van der Waals surface area contributed by atoms with Crippen molar-refractivity contribution in [2.75, 3.05) is 36.5 Å². The van der Waals surface area contributed by atoms with E-state index in [-0.39, 0.29) is 5.91 Å². The number of anilines is 2. The normalized spacial score (nSPS) is 13.9. The summed E-state index contributed by atoms with van der Waals surface area (Å²) >= 11 is 1.69. The van der Waals surface area contributed by atoms with Crippen LogP contribution in [-0.2, 0) is 17.8 Å². The fourth-order valence-corrected chi connectivity index (χ4v) is 3.56. The minimum Gasteiger partial charge on any atom is -0.378 e. The minimum atomic E-state index is -0.231. The van der Waals surface area contributed by atoms with Crippen molar-refractivity contribution in [3.05, 3.63) is 64.2 Å². The first kappa shape index (κ1) is 19.3. The van der Waals surface area contributed by atoms with Crippen LogP contribution >= 0.6 is 11.3 Å². The lowest BCUT2D eigenvalue weighted by Gasteiger charge is -2.27. The number of hydrogen-bond acceptors (Lipinski definition) is 8. The Morgan fingerprint density at radius 2 is 2.03 bits per heavy atom. The lowest BCUT2D eigenvalue weighted by molar-refractivity contribution is 0.0945. The standard InChI is InChI=1S/C20H22N6O2S/c27-19(17-5-1-2-6-21-17)23-13-15-12-18(22-14-16-4-3-11-29-16)25-20(24-15)26-7-9-28-10-8-26/h1-6,11-12H,7-10,13-14H2,(H,23,27)(H,22,24,25). The Kier molecular flexibility index (Phi) is 6.28. The molecule has 0 bridgehead atoms. The lowest BCUT2D eigenvalue weighted by Crippen LogP contribution is -2.37. The average Bonchev–Trinajstić information content (AvgIpc) is 3.31. The Hall–Kier alpha value is -3.04. The van der Waals surface area contributed by atoms with Gasteiger partial charge in [0.25, 0.3) is 5.91 Å². The summed E-state index contributed by atoms with van der Waals surface area (Å²) in [5, 5.41) is 8.29. The van der Waals surface area contributed by atoms with Crippen LogP contribution in [0, 0.1) is 0 Å². The molecule has 29 heavy (non-hydrogen) atoms. The number of nitrogens with zero attached hydrogens (tertiary/aromatic N) is 4. The number of amides is 1. The van der Waals surface area contributed by atoms with E-state index in [1.54, 1.807) is 35.7 Å². The SMILES string of the molecule is O=C(NCc1cc(NCc2cccs2)nc(N2CCOCC2)n1)c1ccccn1. The van der Waals surface area contributed by atoms with Crippen molar-refractivity contribution in [1.29, 1.82) is 0 Å². The molecule has 2 N–H and O–H groups in total. The maximum absolute atomic E-state index is 12.3. The molecule has 1 aliphatic heterocycles. The maximum atomic E-state index is 12.3. The van der Waals surface area contributed by atoms with E-state index >= 15 is 0 Å². The number of carbonyl (C=O) groups is 1. The van der Waals surface area contributed by atoms with Crippen molar-refractivity contribution in [3.63, 3.8) is 0 Å². The smallest absolute Gasteiger partial charge is 0.270 e. The molecule has 0 aliphatic carbocycles. The third kappa shape index (κ3) is 5.27. The predicted molar refractivity (Wildman–Crippen MR) is 112 cm³/mol. The van der Waals surface area contributed by atoms with Gasteiger partial charge in [0.15, 0.2) is 0 Å². The fourth-order valence-electron chi connectivity index (χ4n) is 2.92. The zero-order chi connectivity index (χ0) is 19.9. The van der Waals surface area contributed by atoms with Crippen LogP contribution in [0.2, 0.25) is 0 Å². The highest BCUT2D eigenvalue weighted by atomic mass is 32.1. The molecule has 1 saturated heterocycles. The topological polar surface area (TPSA) is 92.3 Å². The second-order valence-corrected chi connectivity index (χ2v) is 7.51. The molecule has 1 fully saturated rings. The van der Waals surface area contributed by atoms with Gasteiger partial charge in [0, 0.05) is 30.2 Å². The van der Waals surface area contributed by atoms with E-state index in [2.05, 4.69) is 41.9 Å². The number of thiophene rings is 1. The van der Waals surface area contributed by atoms with Crippen molar-refractivity contribution in [3.8, 4) is 0 Å². The molecule has 1 aliphatic rings. The third-order valence-corrected chi connectivity index (χ3v) is 5.29. The number of rotatable bonds is 7. The van der Waals surface area contributed by atoms with Crippen LogP contribution < -0.4 is 15.5 Å². The van der Waals surface area contributed by atoms with Gasteiger partial charge < -0.3 is 20.3 Å². The number of hydrogen-bond donors (Lipinski definition) is 2. The van der Waals surface area contributed by atoms with Gasteiger partial charge in [-0.1, -0.05) is 12.1 Å². The minimum absolute atomic E-state index is 0.231. The molecule has 1 amide bonds. The molecule has 8 nitrogen and oxygen atoms in total. The summed E-state index contributed by atoms with van der Waals surface area (Å²) in [5.74, 6) is 1.15. The van der Waals surface area contributed by atoms with E-state index in [4.69, 9.17) is 4.74 Å². The first-order valence-corrected chi connectivity index (χ1v) is 10.3. The number of nitrogens with one attached hydrogen (secondary N) is 2. The number of morpholine rings is 1. The van der Waals surface area contributed by atoms with E-state index in [0.717, 1.165) is 24.6 Å². The highest BCUT2D eigenvalue weighted by Gasteiger charge is 2.16. The van der Waals surface area contributed by atoms with Crippen LogP contribution in [0.15, 0.2) is 48.0 Å². The van der Waals surface area contributed by atoms with Crippen molar-refractivity contribution in [2.24, 2.45) is 0 Å². The Morgan fingerprint density at radius 1 is 1.14 bits per heavy atom. The number of carbonyl (C=O) groups excluding carboxylic acids is 1. The van der Waals surface area contributed by atoms with Gasteiger partial charge in [-0.3, -0.25) is 9.78 Å². The van der Waals surface area contributed by atoms with E-state index in [1.807, 2.05) is 12.1 Å². The number of aromatic nitrogens is 3. The molecule has 3 aromatic rings. The second-order valence-electron chi connectivity index (χ2n) is 6.47. The highest BCUT2D eigenvalue weighted by molar-refractivity contribution is 7.09. The molecular weight excluding hydrogens is 388 g/mol. The summed E-state index contributed by atoms with van der Waals surface area (Å²) in [7, 11) is 0. The monoisotopic (exact) mass is 410 g/mol. The zero-order valence-corrected chi connectivity index (χ0v) is 16.7. The van der Waals surface area contributed by atoms with E-state index < -0.39 is 0 Å². The van der Waals surface area contributed by atoms with Gasteiger partial charge in [0.1, 0.15) is 11.5 Å². The molecule has 0 spiro atoms. The van der Waals surface area contributed by atoms with Gasteiger partial charge in [-0.15, -0.1) is 11.3 Å². The molecule has 4 rings (SSSR count). The van der Waals surface area contributed by atoms with Gasteiger partial charge in [-0.2, -0.15) is 4.98 Å². The van der Waals surface area contributed by atoms with Crippen molar-refractivity contribution >= 4 is 29.0 Å². The first-order chi connectivity index (χ1) is 14.3. The van der Waals surface area contributed by atoms with Crippen LogP contribution in [0.25, 0.3) is 0 Å². The van der Waals surface area contributed by atoms with Crippen molar-refractivity contribution in [1.82, 2.24) is 20.3 Å². The summed E-state index contributed by atoms with van der Waals surface area (Å²) < 4.78 is 5.43. The molecule has 0 saturated carbocycles.